The maximum Gasteiger partial charge on any atom is 0.337 e. The van der Waals surface area contributed by atoms with E-state index in [1.807, 2.05) is 36.4 Å². The number of carbonyl (C=O) groups is 2. The number of nitrogens with one attached hydrogen (secondary N) is 1. The molecule has 0 aliphatic carbocycles. The quantitative estimate of drug-likeness (QED) is 0.414. The van der Waals surface area contributed by atoms with E-state index in [0.29, 0.717) is 22.2 Å². The highest BCUT2D eigenvalue weighted by Gasteiger charge is 2.42. The molecule has 9 heteroatoms. The summed E-state index contributed by atoms with van der Waals surface area (Å²) in [6.45, 7) is 2.01. The number of furan rings is 1. The fourth-order valence-electron chi connectivity index (χ4n) is 3.81. The van der Waals surface area contributed by atoms with Crippen LogP contribution in [-0.4, -0.2) is 47.2 Å². The van der Waals surface area contributed by atoms with Crippen LogP contribution in [0.5, 0.6) is 0 Å². The Morgan fingerprint density at radius 2 is 2.03 bits per heavy atom. The Kier molecular flexibility index (Phi) is 6.69. The highest BCUT2D eigenvalue weighted by atomic mass is 32.1. The van der Waals surface area contributed by atoms with Gasteiger partial charge in [-0.15, -0.1) is 0 Å². The first-order chi connectivity index (χ1) is 16.0. The van der Waals surface area contributed by atoms with Crippen LogP contribution in [0.2, 0.25) is 0 Å². The molecular formula is C24H23N3O5S. The molecule has 0 spiro atoms. The number of ether oxygens (including phenoxy) is 2. The molecule has 33 heavy (non-hydrogen) atoms. The second-order valence-corrected chi connectivity index (χ2v) is 7.72. The van der Waals surface area contributed by atoms with Gasteiger partial charge in [-0.2, -0.15) is 0 Å². The van der Waals surface area contributed by atoms with E-state index in [1.54, 1.807) is 36.2 Å². The molecule has 1 aliphatic heterocycles. The molecule has 8 nitrogen and oxygen atoms in total. The van der Waals surface area contributed by atoms with Crippen LogP contribution in [0.3, 0.4) is 0 Å². The van der Waals surface area contributed by atoms with Gasteiger partial charge in [0.05, 0.1) is 31.0 Å². The number of nitrogens with zero attached hydrogens (tertiary/aromatic N) is 2. The molecule has 1 aromatic carbocycles. The minimum atomic E-state index is -0.426. The van der Waals surface area contributed by atoms with Crippen molar-refractivity contribution in [2.45, 2.75) is 19.0 Å². The molecule has 2 aromatic heterocycles. The maximum absolute atomic E-state index is 12.3. The Hall–Kier alpha value is -3.72. The van der Waals surface area contributed by atoms with Crippen molar-refractivity contribution in [2.24, 2.45) is 0 Å². The smallest absolute Gasteiger partial charge is 0.337 e. The number of hydrogen-bond acceptors (Lipinski definition) is 7. The molecule has 0 amide bonds. The average molecular weight is 466 g/mol. The number of aromatic nitrogens is 1. The SMILES string of the molecule is CCOC(=O)CN1C(=S)N[C@@H](c2ccccn2)[C@@H]1c1ccc(-c2cccc(C(=O)OC)c2)o1. The summed E-state index contributed by atoms with van der Waals surface area (Å²) in [7, 11) is 1.34. The predicted octanol–water partition coefficient (Wildman–Crippen LogP) is 3.66. The van der Waals surface area contributed by atoms with E-state index in [9.17, 15) is 9.59 Å². The third kappa shape index (κ3) is 4.73. The first kappa shape index (κ1) is 22.5. The van der Waals surface area contributed by atoms with Crippen LogP contribution in [0.25, 0.3) is 11.3 Å². The molecular weight excluding hydrogens is 442 g/mol. The minimum Gasteiger partial charge on any atom is -0.465 e. The molecule has 0 bridgehead atoms. The number of hydrogen-bond donors (Lipinski definition) is 1. The molecule has 0 radical (unpaired) electrons. The van der Waals surface area contributed by atoms with Crippen molar-refractivity contribution in [3.05, 3.63) is 77.8 Å². The topological polar surface area (TPSA) is 93.9 Å². The van der Waals surface area contributed by atoms with Gasteiger partial charge < -0.3 is 24.1 Å². The van der Waals surface area contributed by atoms with Crippen molar-refractivity contribution in [3.8, 4) is 11.3 Å². The third-order valence-corrected chi connectivity index (χ3v) is 5.64. The van der Waals surface area contributed by atoms with E-state index >= 15 is 0 Å². The van der Waals surface area contributed by atoms with Gasteiger partial charge in [0.25, 0.3) is 0 Å². The fourth-order valence-corrected chi connectivity index (χ4v) is 4.12. The molecule has 3 heterocycles. The van der Waals surface area contributed by atoms with Gasteiger partial charge in [-0.25, -0.2) is 4.79 Å². The molecule has 3 aromatic rings. The Morgan fingerprint density at radius 3 is 2.76 bits per heavy atom. The summed E-state index contributed by atoms with van der Waals surface area (Å²) >= 11 is 5.54. The van der Waals surface area contributed by atoms with Crippen molar-refractivity contribution in [2.75, 3.05) is 20.3 Å². The van der Waals surface area contributed by atoms with Crippen molar-refractivity contribution >= 4 is 29.3 Å². The van der Waals surface area contributed by atoms with Gasteiger partial charge in [0.1, 0.15) is 24.1 Å². The molecule has 1 fully saturated rings. The zero-order chi connectivity index (χ0) is 23.4. The van der Waals surface area contributed by atoms with Gasteiger partial charge in [0.15, 0.2) is 5.11 Å². The molecule has 0 unspecified atom stereocenters. The van der Waals surface area contributed by atoms with E-state index in [1.165, 1.54) is 7.11 Å². The first-order valence-corrected chi connectivity index (χ1v) is 10.8. The molecule has 0 saturated carbocycles. The number of pyridine rings is 1. The molecule has 4 rings (SSSR count). The number of esters is 2. The summed E-state index contributed by atoms with van der Waals surface area (Å²) < 4.78 is 16.2. The first-order valence-electron chi connectivity index (χ1n) is 10.4. The Bertz CT molecular complexity index is 1160. The monoisotopic (exact) mass is 465 g/mol. The lowest BCUT2D eigenvalue weighted by atomic mass is 10.0. The summed E-state index contributed by atoms with van der Waals surface area (Å²) in [5.74, 6) is 0.362. The summed E-state index contributed by atoms with van der Waals surface area (Å²) in [4.78, 5) is 30.4. The van der Waals surface area contributed by atoms with Crippen LogP contribution in [0.1, 0.15) is 40.8 Å². The van der Waals surface area contributed by atoms with Gasteiger partial charge in [-0.1, -0.05) is 18.2 Å². The van der Waals surface area contributed by atoms with Crippen molar-refractivity contribution in [3.63, 3.8) is 0 Å². The van der Waals surface area contributed by atoms with E-state index < -0.39 is 12.0 Å². The van der Waals surface area contributed by atoms with Crippen LogP contribution in [0.4, 0.5) is 0 Å². The van der Waals surface area contributed by atoms with Gasteiger partial charge in [-0.3, -0.25) is 9.78 Å². The second kappa shape index (κ2) is 9.83. The van der Waals surface area contributed by atoms with E-state index in [2.05, 4.69) is 10.3 Å². The second-order valence-electron chi connectivity index (χ2n) is 7.33. The Balaban J connectivity index is 1.70. The number of rotatable bonds is 7. The Labute approximate surface area is 196 Å². The van der Waals surface area contributed by atoms with Crippen LogP contribution in [0, 0.1) is 0 Å². The summed E-state index contributed by atoms with van der Waals surface area (Å²) in [6.07, 6.45) is 1.71. The Morgan fingerprint density at radius 1 is 1.18 bits per heavy atom. The number of carbonyl (C=O) groups excluding carboxylic acids is 2. The number of methoxy groups -OCH3 is 1. The minimum absolute atomic E-state index is 0.0263. The largest absolute Gasteiger partial charge is 0.465 e. The molecule has 1 aliphatic rings. The van der Waals surface area contributed by atoms with Crippen molar-refractivity contribution in [1.29, 1.82) is 0 Å². The molecule has 2 atom stereocenters. The van der Waals surface area contributed by atoms with E-state index in [-0.39, 0.29) is 25.2 Å². The van der Waals surface area contributed by atoms with Crippen LogP contribution < -0.4 is 5.32 Å². The fraction of sp³-hybridized carbons (Fsp3) is 0.250. The predicted molar refractivity (Wildman–Crippen MR) is 124 cm³/mol. The van der Waals surface area contributed by atoms with Crippen LogP contribution in [0.15, 0.2) is 65.2 Å². The molecule has 1 saturated heterocycles. The highest BCUT2D eigenvalue weighted by molar-refractivity contribution is 7.80. The zero-order valence-corrected chi connectivity index (χ0v) is 19.0. The van der Waals surface area contributed by atoms with Gasteiger partial charge >= 0.3 is 11.9 Å². The summed E-state index contributed by atoms with van der Waals surface area (Å²) in [5, 5.41) is 3.67. The van der Waals surface area contributed by atoms with Gasteiger partial charge in [0, 0.05) is 11.8 Å². The van der Waals surface area contributed by atoms with Crippen molar-refractivity contribution < 1.29 is 23.5 Å². The number of benzene rings is 1. The molecule has 1 N–H and O–H groups in total. The maximum atomic E-state index is 12.3. The van der Waals surface area contributed by atoms with E-state index in [0.717, 1.165) is 11.3 Å². The molecule has 170 valence electrons. The lowest BCUT2D eigenvalue weighted by molar-refractivity contribution is -0.143. The zero-order valence-electron chi connectivity index (χ0n) is 18.2. The lowest BCUT2D eigenvalue weighted by Crippen LogP contribution is -2.35. The van der Waals surface area contributed by atoms with Gasteiger partial charge in [0.2, 0.25) is 0 Å². The highest BCUT2D eigenvalue weighted by Crippen LogP contribution is 2.40. The van der Waals surface area contributed by atoms with Crippen LogP contribution in [-0.2, 0) is 14.3 Å². The standard InChI is InChI=1S/C24H23N3O5S/c1-3-31-20(28)14-27-22(21(26-24(27)33)17-9-4-5-12-25-17)19-11-10-18(32-19)15-7-6-8-16(13-15)23(29)30-2/h4-13,21-22H,3,14H2,1-2H3,(H,26,33)/t21-,22-/m0/s1. The van der Waals surface area contributed by atoms with Gasteiger partial charge in [-0.05, 0) is 55.5 Å². The third-order valence-electron chi connectivity index (χ3n) is 5.29. The lowest BCUT2D eigenvalue weighted by Gasteiger charge is -2.25. The summed E-state index contributed by atoms with van der Waals surface area (Å²) in [5.41, 5.74) is 1.91. The van der Waals surface area contributed by atoms with Crippen molar-refractivity contribution in [1.82, 2.24) is 15.2 Å². The normalized spacial score (nSPS) is 17.5. The van der Waals surface area contributed by atoms with E-state index in [4.69, 9.17) is 26.1 Å². The summed E-state index contributed by atoms with van der Waals surface area (Å²) in [6, 6.07) is 15.5. The van der Waals surface area contributed by atoms with Crippen LogP contribution >= 0.6 is 12.2 Å². The number of thiocarbonyl (C=S) groups is 1. The average Bonchev–Trinajstić information content (AvgIpc) is 3.44.